The molecule has 1 amide bonds. The van der Waals surface area contributed by atoms with E-state index >= 15 is 0 Å². The van der Waals surface area contributed by atoms with Crippen molar-refractivity contribution in [2.24, 2.45) is 0 Å². The summed E-state index contributed by atoms with van der Waals surface area (Å²) in [4.78, 5) is 11.9. The minimum absolute atomic E-state index is 0.120. The van der Waals surface area contributed by atoms with E-state index in [1.807, 2.05) is 13.8 Å². The fraction of sp³-hybridized carbons (Fsp3) is 0.333. The Labute approximate surface area is 121 Å². The van der Waals surface area contributed by atoms with E-state index in [9.17, 15) is 13.6 Å². The fourth-order valence-corrected chi connectivity index (χ4v) is 1.94. The number of rotatable bonds is 5. The van der Waals surface area contributed by atoms with Gasteiger partial charge in [0.2, 0.25) is 0 Å². The van der Waals surface area contributed by atoms with Crippen molar-refractivity contribution in [1.82, 2.24) is 15.1 Å². The molecular formula is C15H17F2N3O. The molecule has 0 saturated carbocycles. The van der Waals surface area contributed by atoms with Gasteiger partial charge in [-0.3, -0.25) is 9.48 Å². The molecule has 1 aromatic heterocycles. The summed E-state index contributed by atoms with van der Waals surface area (Å²) in [5, 5.41) is 6.79. The lowest BCUT2D eigenvalue weighted by Gasteiger charge is -2.13. The third kappa shape index (κ3) is 3.65. The molecule has 1 atom stereocenters. The molecule has 0 aliphatic carbocycles. The lowest BCUT2D eigenvalue weighted by Crippen LogP contribution is -2.27. The van der Waals surface area contributed by atoms with E-state index in [1.165, 1.54) is 12.3 Å². The minimum atomic E-state index is -0.880. The van der Waals surface area contributed by atoms with Crippen molar-refractivity contribution in [2.75, 3.05) is 6.54 Å². The first kappa shape index (κ1) is 15.2. The van der Waals surface area contributed by atoms with Gasteiger partial charge >= 0.3 is 0 Å². The number of nitrogens with zero attached hydrogens (tertiary/aromatic N) is 2. The summed E-state index contributed by atoms with van der Waals surface area (Å²) in [5.41, 5.74) is 1.12. The van der Waals surface area contributed by atoms with Gasteiger partial charge in [0.1, 0.15) is 0 Å². The smallest absolute Gasteiger partial charge is 0.254 e. The zero-order valence-electron chi connectivity index (χ0n) is 11.9. The number of benzene rings is 1. The Bertz CT molecular complexity index is 640. The molecule has 0 bridgehead atoms. The summed E-state index contributed by atoms with van der Waals surface area (Å²) in [5.74, 6) is -2.11. The number of nitrogens with one attached hydrogen (secondary N) is 1. The molecule has 1 unspecified atom stereocenters. The van der Waals surface area contributed by atoms with Crippen LogP contribution in [0.1, 0.15) is 35.7 Å². The van der Waals surface area contributed by atoms with E-state index in [0.29, 0.717) is 24.2 Å². The Hall–Kier alpha value is -2.24. The Morgan fingerprint density at radius 2 is 2.14 bits per heavy atom. The van der Waals surface area contributed by atoms with Gasteiger partial charge in [-0.15, -0.1) is 0 Å². The molecule has 1 N–H and O–H groups in total. The predicted octanol–water partition coefficient (Wildman–Crippen LogP) is 2.71. The highest BCUT2D eigenvalue weighted by Crippen LogP contribution is 2.17. The highest BCUT2D eigenvalue weighted by Gasteiger charge is 2.12. The highest BCUT2D eigenvalue weighted by molar-refractivity contribution is 5.93. The lowest BCUT2D eigenvalue weighted by atomic mass is 10.0. The lowest BCUT2D eigenvalue weighted by molar-refractivity contribution is 0.0951. The van der Waals surface area contributed by atoms with Crippen LogP contribution in [0.2, 0.25) is 0 Å². The van der Waals surface area contributed by atoms with E-state index in [1.54, 1.807) is 10.9 Å². The number of carbonyl (C=O) groups excluding carboxylic acids is 1. The van der Waals surface area contributed by atoms with E-state index in [2.05, 4.69) is 10.4 Å². The molecule has 4 nitrogen and oxygen atoms in total. The summed E-state index contributed by atoms with van der Waals surface area (Å²) in [7, 11) is 0. The molecule has 0 saturated heterocycles. The van der Waals surface area contributed by atoms with Crippen LogP contribution >= 0.6 is 0 Å². The van der Waals surface area contributed by atoms with Gasteiger partial charge < -0.3 is 5.32 Å². The largest absolute Gasteiger partial charge is 0.351 e. The molecule has 112 valence electrons. The minimum Gasteiger partial charge on any atom is -0.351 e. The maximum atomic E-state index is 13.2. The van der Waals surface area contributed by atoms with Crippen LogP contribution in [0.25, 0.3) is 0 Å². The van der Waals surface area contributed by atoms with E-state index in [4.69, 9.17) is 0 Å². The van der Waals surface area contributed by atoms with Crippen molar-refractivity contribution in [2.45, 2.75) is 26.3 Å². The average molecular weight is 293 g/mol. The number of hydrogen-bond acceptors (Lipinski definition) is 2. The SMILES string of the molecule is CCn1cc(C(=O)NCC(C)c2ccc(F)c(F)c2)cn1. The van der Waals surface area contributed by atoms with Gasteiger partial charge in [0.05, 0.1) is 11.8 Å². The Balaban J connectivity index is 1.95. The Morgan fingerprint density at radius 1 is 1.38 bits per heavy atom. The van der Waals surface area contributed by atoms with Crippen molar-refractivity contribution in [3.8, 4) is 0 Å². The first-order chi connectivity index (χ1) is 10.0. The number of amides is 1. The average Bonchev–Trinajstić information content (AvgIpc) is 2.96. The Morgan fingerprint density at radius 3 is 2.76 bits per heavy atom. The first-order valence-electron chi connectivity index (χ1n) is 6.77. The zero-order valence-corrected chi connectivity index (χ0v) is 11.9. The van der Waals surface area contributed by atoms with Crippen molar-refractivity contribution < 1.29 is 13.6 Å². The van der Waals surface area contributed by atoms with Crippen LogP contribution in [-0.2, 0) is 6.54 Å². The first-order valence-corrected chi connectivity index (χ1v) is 6.77. The molecular weight excluding hydrogens is 276 g/mol. The van der Waals surface area contributed by atoms with Gasteiger partial charge in [-0.1, -0.05) is 13.0 Å². The van der Waals surface area contributed by atoms with Crippen LogP contribution in [0.4, 0.5) is 8.78 Å². The van der Waals surface area contributed by atoms with Gasteiger partial charge in [-0.2, -0.15) is 5.10 Å². The van der Waals surface area contributed by atoms with Gasteiger partial charge in [0, 0.05) is 19.3 Å². The summed E-state index contributed by atoms with van der Waals surface area (Å²) in [6, 6.07) is 3.76. The van der Waals surface area contributed by atoms with Gasteiger partial charge in [-0.05, 0) is 30.5 Å². The molecule has 6 heteroatoms. The molecule has 1 aromatic carbocycles. The topological polar surface area (TPSA) is 46.9 Å². The van der Waals surface area contributed by atoms with Crippen molar-refractivity contribution in [1.29, 1.82) is 0 Å². The van der Waals surface area contributed by atoms with Crippen LogP contribution in [0.3, 0.4) is 0 Å². The molecule has 2 aromatic rings. The molecule has 0 fully saturated rings. The van der Waals surface area contributed by atoms with Crippen LogP contribution in [-0.4, -0.2) is 22.2 Å². The summed E-state index contributed by atoms with van der Waals surface area (Å²) in [6.45, 7) is 4.79. The second kappa shape index (κ2) is 6.47. The van der Waals surface area contributed by atoms with Crippen LogP contribution in [0.15, 0.2) is 30.6 Å². The number of halogens is 2. The summed E-state index contributed by atoms with van der Waals surface area (Å²) >= 11 is 0. The molecule has 0 aliphatic rings. The van der Waals surface area contributed by atoms with Crippen LogP contribution in [0.5, 0.6) is 0 Å². The molecule has 21 heavy (non-hydrogen) atoms. The third-order valence-electron chi connectivity index (χ3n) is 3.30. The molecule has 0 radical (unpaired) electrons. The standard InChI is InChI=1S/C15H17F2N3O/c1-3-20-9-12(8-19-20)15(21)18-7-10(2)11-4-5-13(16)14(17)6-11/h4-6,8-10H,3,7H2,1-2H3,(H,18,21). The van der Waals surface area contributed by atoms with Gasteiger partial charge in [0.15, 0.2) is 11.6 Å². The number of hydrogen-bond donors (Lipinski definition) is 1. The number of carbonyl (C=O) groups is 1. The second-order valence-electron chi connectivity index (χ2n) is 4.87. The molecule has 2 rings (SSSR count). The van der Waals surface area contributed by atoms with Gasteiger partial charge in [0.25, 0.3) is 5.91 Å². The predicted molar refractivity (Wildman–Crippen MR) is 75.0 cm³/mol. The third-order valence-corrected chi connectivity index (χ3v) is 3.30. The normalized spacial score (nSPS) is 12.2. The van der Waals surface area contributed by atoms with Crippen LogP contribution in [0, 0.1) is 11.6 Å². The fourth-order valence-electron chi connectivity index (χ4n) is 1.94. The van der Waals surface area contributed by atoms with E-state index < -0.39 is 11.6 Å². The second-order valence-corrected chi connectivity index (χ2v) is 4.87. The van der Waals surface area contributed by atoms with Gasteiger partial charge in [-0.25, -0.2) is 8.78 Å². The Kier molecular flexibility index (Phi) is 4.67. The number of aromatic nitrogens is 2. The quantitative estimate of drug-likeness (QED) is 0.921. The van der Waals surface area contributed by atoms with Crippen molar-refractivity contribution in [3.05, 3.63) is 53.4 Å². The zero-order chi connectivity index (χ0) is 15.4. The molecule has 1 heterocycles. The van der Waals surface area contributed by atoms with Crippen LogP contribution < -0.4 is 5.32 Å². The molecule has 0 aliphatic heterocycles. The van der Waals surface area contributed by atoms with Crippen molar-refractivity contribution in [3.63, 3.8) is 0 Å². The summed E-state index contributed by atoms with van der Waals surface area (Å²) < 4.78 is 27.7. The van der Waals surface area contributed by atoms with Crippen molar-refractivity contribution >= 4 is 5.91 Å². The monoisotopic (exact) mass is 293 g/mol. The molecule has 0 spiro atoms. The highest BCUT2D eigenvalue weighted by atomic mass is 19.2. The number of aryl methyl sites for hydroxylation is 1. The summed E-state index contributed by atoms with van der Waals surface area (Å²) in [6.07, 6.45) is 3.17. The van der Waals surface area contributed by atoms with E-state index in [0.717, 1.165) is 12.1 Å². The maximum Gasteiger partial charge on any atom is 0.254 e. The van der Waals surface area contributed by atoms with E-state index in [-0.39, 0.29) is 11.8 Å². The maximum absolute atomic E-state index is 13.2.